The molecular weight excluding hydrogens is 262 g/mol. The Morgan fingerprint density at radius 2 is 2.10 bits per heavy atom. The van der Waals surface area contributed by atoms with Crippen molar-refractivity contribution in [2.75, 3.05) is 13.7 Å². The molecule has 0 bridgehead atoms. The van der Waals surface area contributed by atoms with Crippen LogP contribution in [0, 0.1) is 6.92 Å². The minimum atomic E-state index is -1.11. The molecule has 1 saturated heterocycles. The van der Waals surface area contributed by atoms with Gasteiger partial charge in [-0.05, 0) is 19.1 Å². The first-order chi connectivity index (χ1) is 9.43. The van der Waals surface area contributed by atoms with E-state index in [4.69, 9.17) is 9.84 Å². The van der Waals surface area contributed by atoms with Gasteiger partial charge in [0.25, 0.3) is 5.91 Å². The number of rotatable bonds is 3. The van der Waals surface area contributed by atoms with Gasteiger partial charge in [-0.15, -0.1) is 0 Å². The number of aryl methyl sites for hydroxylation is 1. The monoisotopic (exact) mass is 279 g/mol. The van der Waals surface area contributed by atoms with E-state index in [0.717, 1.165) is 5.56 Å². The molecule has 1 amide bonds. The highest BCUT2D eigenvalue weighted by Crippen LogP contribution is 2.26. The minimum Gasteiger partial charge on any atom is -0.496 e. The second kappa shape index (κ2) is 5.50. The number of ether oxygens (including phenoxy) is 1. The molecule has 1 aromatic rings. The van der Waals surface area contributed by atoms with Gasteiger partial charge in [0.1, 0.15) is 11.8 Å². The quantitative estimate of drug-likeness (QED) is 0.849. The number of carbonyl (C=O) groups excluding carboxylic acids is 1. The summed E-state index contributed by atoms with van der Waals surface area (Å²) < 4.78 is 5.15. The summed E-state index contributed by atoms with van der Waals surface area (Å²) in [6.45, 7) is 1.86. The van der Waals surface area contributed by atoms with Crippen molar-refractivity contribution < 1.29 is 24.5 Å². The van der Waals surface area contributed by atoms with Crippen LogP contribution in [0.5, 0.6) is 5.75 Å². The van der Waals surface area contributed by atoms with Gasteiger partial charge in [-0.3, -0.25) is 4.79 Å². The molecular formula is C14H17NO5. The first-order valence-electron chi connectivity index (χ1n) is 6.30. The lowest BCUT2D eigenvalue weighted by atomic mass is 10.1. The molecule has 1 heterocycles. The molecule has 1 aliphatic heterocycles. The number of aliphatic carboxylic acids is 1. The Morgan fingerprint density at radius 3 is 2.70 bits per heavy atom. The molecule has 0 saturated carbocycles. The number of aliphatic hydroxyl groups excluding tert-OH is 1. The van der Waals surface area contributed by atoms with Crippen molar-refractivity contribution in [2.24, 2.45) is 0 Å². The molecule has 0 aliphatic carbocycles. The normalized spacial score (nSPS) is 21.9. The fourth-order valence-corrected chi connectivity index (χ4v) is 2.42. The topological polar surface area (TPSA) is 87.1 Å². The lowest BCUT2D eigenvalue weighted by Crippen LogP contribution is -2.40. The van der Waals surface area contributed by atoms with E-state index in [0.29, 0.717) is 11.3 Å². The zero-order valence-electron chi connectivity index (χ0n) is 11.4. The molecule has 2 rings (SSSR count). The average molecular weight is 279 g/mol. The van der Waals surface area contributed by atoms with Gasteiger partial charge in [0, 0.05) is 13.0 Å². The summed E-state index contributed by atoms with van der Waals surface area (Å²) in [6, 6.07) is 4.14. The summed E-state index contributed by atoms with van der Waals surface area (Å²) in [5.74, 6) is -1.15. The fourth-order valence-electron chi connectivity index (χ4n) is 2.42. The number of carboxylic acids is 1. The van der Waals surface area contributed by atoms with Gasteiger partial charge >= 0.3 is 5.97 Å². The number of methoxy groups -OCH3 is 1. The summed E-state index contributed by atoms with van der Waals surface area (Å²) in [5.41, 5.74) is 1.19. The Hall–Kier alpha value is -2.08. The van der Waals surface area contributed by atoms with Gasteiger partial charge in [0.2, 0.25) is 0 Å². The Bertz CT molecular complexity index is 542. The molecule has 6 heteroatoms. The van der Waals surface area contributed by atoms with Crippen LogP contribution in [-0.2, 0) is 4.79 Å². The third-order valence-electron chi connectivity index (χ3n) is 3.41. The maximum Gasteiger partial charge on any atom is 0.326 e. The van der Waals surface area contributed by atoms with Crippen LogP contribution in [0.3, 0.4) is 0 Å². The largest absolute Gasteiger partial charge is 0.496 e. The summed E-state index contributed by atoms with van der Waals surface area (Å²) >= 11 is 0. The number of carbonyl (C=O) groups is 2. The summed E-state index contributed by atoms with van der Waals surface area (Å²) in [6.07, 6.45) is -0.759. The predicted octanol–water partition coefficient (Wildman–Crippen LogP) is 0.664. The van der Waals surface area contributed by atoms with E-state index in [1.165, 1.54) is 12.0 Å². The first-order valence-corrected chi connectivity index (χ1v) is 6.30. The maximum atomic E-state index is 12.5. The highest BCUT2D eigenvalue weighted by atomic mass is 16.5. The van der Waals surface area contributed by atoms with E-state index in [-0.39, 0.29) is 13.0 Å². The van der Waals surface area contributed by atoms with Gasteiger partial charge in [-0.25, -0.2) is 4.79 Å². The molecule has 0 aromatic heterocycles. The number of aliphatic hydroxyl groups is 1. The second-order valence-electron chi connectivity index (χ2n) is 4.90. The van der Waals surface area contributed by atoms with Crippen LogP contribution in [-0.4, -0.2) is 52.8 Å². The molecule has 2 atom stereocenters. The van der Waals surface area contributed by atoms with Crippen molar-refractivity contribution in [3.8, 4) is 5.75 Å². The zero-order chi connectivity index (χ0) is 14.9. The second-order valence-corrected chi connectivity index (χ2v) is 4.90. The molecule has 2 N–H and O–H groups in total. The van der Waals surface area contributed by atoms with Crippen LogP contribution < -0.4 is 4.74 Å². The van der Waals surface area contributed by atoms with Crippen molar-refractivity contribution in [2.45, 2.75) is 25.5 Å². The molecule has 1 aliphatic rings. The fraction of sp³-hybridized carbons (Fsp3) is 0.429. The van der Waals surface area contributed by atoms with Crippen molar-refractivity contribution in [3.63, 3.8) is 0 Å². The average Bonchev–Trinajstić information content (AvgIpc) is 2.80. The predicted molar refractivity (Wildman–Crippen MR) is 70.8 cm³/mol. The van der Waals surface area contributed by atoms with Crippen LogP contribution in [0.2, 0.25) is 0 Å². The van der Waals surface area contributed by atoms with Crippen molar-refractivity contribution >= 4 is 11.9 Å². The number of amides is 1. The first kappa shape index (κ1) is 14.3. The van der Waals surface area contributed by atoms with Crippen LogP contribution in [0.4, 0.5) is 0 Å². The van der Waals surface area contributed by atoms with E-state index in [1.54, 1.807) is 12.1 Å². The lowest BCUT2D eigenvalue weighted by molar-refractivity contribution is -0.141. The summed E-state index contributed by atoms with van der Waals surface area (Å²) in [5, 5.41) is 18.7. The van der Waals surface area contributed by atoms with Gasteiger partial charge in [-0.1, -0.05) is 11.6 Å². The number of carboxylic acid groups (broad SMARTS) is 1. The minimum absolute atomic E-state index is 0.0207. The Kier molecular flexibility index (Phi) is 3.94. The van der Waals surface area contributed by atoms with Crippen molar-refractivity contribution in [1.29, 1.82) is 0 Å². The van der Waals surface area contributed by atoms with Gasteiger partial charge in [-0.2, -0.15) is 0 Å². The Balaban J connectivity index is 2.35. The van der Waals surface area contributed by atoms with Crippen LogP contribution >= 0.6 is 0 Å². The number of benzene rings is 1. The number of β-amino-alcohol motifs (C(OH)–C–C–N with tert-alkyl or cyclic N) is 1. The summed E-state index contributed by atoms with van der Waals surface area (Å²) in [7, 11) is 1.45. The van der Waals surface area contributed by atoms with Crippen molar-refractivity contribution in [1.82, 2.24) is 4.90 Å². The van der Waals surface area contributed by atoms with Gasteiger partial charge < -0.3 is 19.8 Å². The SMILES string of the molecule is COc1ccc(C)cc1C(=O)N1C[C@H](O)C[C@@H]1C(=O)O. The van der Waals surface area contributed by atoms with Crippen LogP contribution in [0.25, 0.3) is 0 Å². The standard InChI is InChI=1S/C14H17NO5/c1-8-3-4-12(20-2)10(5-8)13(17)15-7-9(16)6-11(15)14(18)19/h3-5,9,11,16H,6-7H2,1-2H3,(H,18,19)/t9-,11-/m1/s1. The van der Waals surface area contributed by atoms with E-state index in [9.17, 15) is 14.7 Å². The van der Waals surface area contributed by atoms with Gasteiger partial charge in [0.15, 0.2) is 0 Å². The lowest BCUT2D eigenvalue weighted by Gasteiger charge is -2.22. The number of hydrogen-bond donors (Lipinski definition) is 2. The van der Waals surface area contributed by atoms with Gasteiger partial charge in [0.05, 0.1) is 18.8 Å². The summed E-state index contributed by atoms with van der Waals surface area (Å²) in [4.78, 5) is 24.9. The van der Waals surface area contributed by atoms with Crippen molar-refractivity contribution in [3.05, 3.63) is 29.3 Å². The molecule has 0 spiro atoms. The van der Waals surface area contributed by atoms with Crippen LogP contribution in [0.1, 0.15) is 22.3 Å². The smallest absolute Gasteiger partial charge is 0.326 e. The number of nitrogens with zero attached hydrogens (tertiary/aromatic N) is 1. The molecule has 0 radical (unpaired) electrons. The van der Waals surface area contributed by atoms with E-state index in [1.807, 2.05) is 13.0 Å². The zero-order valence-corrected chi connectivity index (χ0v) is 11.4. The molecule has 6 nitrogen and oxygen atoms in total. The molecule has 1 aromatic carbocycles. The molecule has 0 unspecified atom stereocenters. The van der Waals surface area contributed by atoms with E-state index in [2.05, 4.69) is 0 Å². The maximum absolute atomic E-state index is 12.5. The number of hydrogen-bond acceptors (Lipinski definition) is 4. The highest BCUT2D eigenvalue weighted by molar-refractivity contribution is 5.99. The Morgan fingerprint density at radius 1 is 1.40 bits per heavy atom. The Labute approximate surface area is 116 Å². The highest BCUT2D eigenvalue weighted by Gasteiger charge is 2.39. The van der Waals surface area contributed by atoms with Crippen LogP contribution in [0.15, 0.2) is 18.2 Å². The third kappa shape index (κ3) is 2.60. The molecule has 20 heavy (non-hydrogen) atoms. The number of likely N-dealkylation sites (tertiary alicyclic amines) is 1. The van der Waals surface area contributed by atoms with E-state index >= 15 is 0 Å². The molecule has 1 fully saturated rings. The molecule has 108 valence electrons. The van der Waals surface area contributed by atoms with E-state index < -0.39 is 24.0 Å². The third-order valence-corrected chi connectivity index (χ3v) is 3.41.